The van der Waals surface area contributed by atoms with E-state index in [9.17, 15) is 19.8 Å². The monoisotopic (exact) mass is 593 g/mol. The van der Waals surface area contributed by atoms with E-state index in [1.54, 1.807) is 0 Å². The summed E-state index contributed by atoms with van der Waals surface area (Å²) < 4.78 is 0. The molecule has 0 aromatic heterocycles. The third-order valence-electron chi connectivity index (χ3n) is 10.6. The molecule has 1 aliphatic rings. The smallest absolute Gasteiger partial charge is 0.310 e. The van der Waals surface area contributed by atoms with Crippen molar-refractivity contribution >= 4 is 11.9 Å². The number of rotatable bonds is 30. The molecule has 2 N–H and O–H groups in total. The molecule has 0 heterocycles. The van der Waals surface area contributed by atoms with Crippen LogP contribution < -0.4 is 0 Å². The van der Waals surface area contributed by atoms with Crippen LogP contribution in [0, 0.1) is 10.8 Å². The zero-order valence-electron chi connectivity index (χ0n) is 28.3. The first-order valence-corrected chi connectivity index (χ1v) is 18.9. The van der Waals surface area contributed by atoms with Crippen LogP contribution in [0.15, 0.2) is 0 Å². The highest BCUT2D eigenvalue weighted by Crippen LogP contribution is 2.57. The fourth-order valence-corrected chi connectivity index (χ4v) is 7.79. The molecule has 1 fully saturated rings. The molecular formula is C38H72O4. The molecule has 1 saturated carbocycles. The molecule has 248 valence electrons. The lowest BCUT2D eigenvalue weighted by Gasteiger charge is -2.49. The Morgan fingerprint density at radius 2 is 0.619 bits per heavy atom. The van der Waals surface area contributed by atoms with Gasteiger partial charge in [0.1, 0.15) is 0 Å². The molecule has 0 amide bonds. The first-order valence-electron chi connectivity index (χ1n) is 18.9. The summed E-state index contributed by atoms with van der Waals surface area (Å²) in [5.41, 5.74) is -2.18. The summed E-state index contributed by atoms with van der Waals surface area (Å²) in [7, 11) is 0. The Morgan fingerprint density at radius 3 is 0.833 bits per heavy atom. The Morgan fingerprint density at radius 1 is 0.405 bits per heavy atom. The van der Waals surface area contributed by atoms with Crippen molar-refractivity contribution in [3.8, 4) is 0 Å². The highest BCUT2D eigenvalue weighted by molar-refractivity contribution is 5.87. The van der Waals surface area contributed by atoms with Crippen molar-refractivity contribution in [2.24, 2.45) is 10.8 Å². The molecule has 0 saturated heterocycles. The average Bonchev–Trinajstić information content (AvgIpc) is 2.98. The van der Waals surface area contributed by atoms with Gasteiger partial charge < -0.3 is 10.2 Å². The van der Waals surface area contributed by atoms with Crippen molar-refractivity contribution in [3.63, 3.8) is 0 Å². The number of carboxylic acids is 2. The molecule has 4 nitrogen and oxygen atoms in total. The quantitative estimate of drug-likeness (QED) is 0.0813. The van der Waals surface area contributed by atoms with Crippen LogP contribution in [-0.4, -0.2) is 22.2 Å². The topological polar surface area (TPSA) is 74.6 Å². The molecule has 4 heteroatoms. The zero-order valence-corrected chi connectivity index (χ0v) is 28.3. The van der Waals surface area contributed by atoms with Crippen LogP contribution in [-0.2, 0) is 9.59 Å². The van der Waals surface area contributed by atoms with E-state index < -0.39 is 22.8 Å². The lowest BCUT2D eigenvalue weighted by Crippen LogP contribution is -2.54. The van der Waals surface area contributed by atoms with Gasteiger partial charge in [-0.25, -0.2) is 0 Å². The molecule has 0 aliphatic heterocycles. The van der Waals surface area contributed by atoms with E-state index in [-0.39, 0.29) is 0 Å². The molecule has 42 heavy (non-hydrogen) atoms. The Kier molecular flexibility index (Phi) is 23.5. The second kappa shape index (κ2) is 25.3. The minimum atomic E-state index is -1.09. The average molecular weight is 593 g/mol. The molecule has 1 aliphatic carbocycles. The summed E-state index contributed by atoms with van der Waals surface area (Å²) in [6.45, 7) is 4.53. The fraction of sp³-hybridized carbons (Fsp3) is 0.947. The maximum atomic E-state index is 12.8. The molecule has 0 radical (unpaired) electrons. The van der Waals surface area contributed by atoms with Gasteiger partial charge in [0, 0.05) is 0 Å². The lowest BCUT2D eigenvalue weighted by atomic mass is 9.52. The van der Waals surface area contributed by atoms with Crippen LogP contribution >= 0.6 is 0 Å². The predicted octanol–water partition coefficient (Wildman–Crippen LogP) is 12.7. The van der Waals surface area contributed by atoms with E-state index in [0.29, 0.717) is 25.7 Å². The van der Waals surface area contributed by atoms with Gasteiger partial charge in [0.05, 0.1) is 10.8 Å². The normalized spacial score (nSPS) is 20.6. The van der Waals surface area contributed by atoms with Crippen LogP contribution in [0.25, 0.3) is 0 Å². The summed E-state index contributed by atoms with van der Waals surface area (Å²) in [6.07, 6.45) is 36.5. The molecule has 2 unspecified atom stereocenters. The van der Waals surface area contributed by atoms with E-state index >= 15 is 0 Å². The predicted molar refractivity (Wildman–Crippen MR) is 179 cm³/mol. The van der Waals surface area contributed by atoms with E-state index in [0.717, 1.165) is 51.4 Å². The summed E-state index contributed by atoms with van der Waals surface area (Å²) in [4.78, 5) is 25.6. The highest BCUT2D eigenvalue weighted by atomic mass is 16.4. The molecule has 0 spiro atoms. The van der Waals surface area contributed by atoms with Gasteiger partial charge in [0.2, 0.25) is 0 Å². The molecule has 0 aromatic rings. The van der Waals surface area contributed by atoms with Crippen LogP contribution in [0.4, 0.5) is 0 Å². The van der Waals surface area contributed by atoms with Crippen LogP contribution in [0.5, 0.6) is 0 Å². The third kappa shape index (κ3) is 15.1. The zero-order chi connectivity index (χ0) is 30.8. The summed E-state index contributed by atoms with van der Waals surface area (Å²) in [5.74, 6) is -1.70. The van der Waals surface area contributed by atoms with Crippen molar-refractivity contribution in [2.75, 3.05) is 0 Å². The van der Waals surface area contributed by atoms with Gasteiger partial charge in [-0.15, -0.1) is 0 Å². The summed E-state index contributed by atoms with van der Waals surface area (Å²) >= 11 is 0. The van der Waals surface area contributed by atoms with Gasteiger partial charge in [0.25, 0.3) is 0 Å². The highest BCUT2D eigenvalue weighted by Gasteiger charge is 2.61. The van der Waals surface area contributed by atoms with E-state index in [4.69, 9.17) is 0 Å². The Hall–Kier alpha value is -1.06. The summed E-state index contributed by atoms with van der Waals surface area (Å²) in [6, 6.07) is 0. The number of unbranched alkanes of at least 4 members (excludes halogenated alkanes) is 24. The molecule has 1 rings (SSSR count). The largest absolute Gasteiger partial charge is 0.481 e. The maximum Gasteiger partial charge on any atom is 0.310 e. The van der Waals surface area contributed by atoms with Crippen molar-refractivity contribution in [1.82, 2.24) is 0 Å². The number of hydrogen-bond donors (Lipinski definition) is 2. The molecule has 2 atom stereocenters. The van der Waals surface area contributed by atoms with Gasteiger partial charge >= 0.3 is 11.9 Å². The molecular weight excluding hydrogens is 520 g/mol. The van der Waals surface area contributed by atoms with Gasteiger partial charge in [-0.3, -0.25) is 9.59 Å². The van der Waals surface area contributed by atoms with Crippen molar-refractivity contribution in [1.29, 1.82) is 0 Å². The number of aliphatic carboxylic acids is 2. The number of carboxylic acid groups (broad SMARTS) is 2. The number of hydrogen-bond acceptors (Lipinski definition) is 2. The van der Waals surface area contributed by atoms with Crippen molar-refractivity contribution in [2.45, 2.75) is 219 Å². The standard InChI is InChI=1S/C38H72O4/c1-3-5-7-9-11-13-15-17-19-21-23-25-27-31-37(35(39)40)33-29-30-34-38(37,36(41)42)32-28-26-24-22-20-18-16-14-12-10-8-6-4-2/h3-34H2,1-2H3,(H,39,40)(H,41,42). The molecule has 0 bridgehead atoms. The van der Waals surface area contributed by atoms with E-state index in [2.05, 4.69) is 13.8 Å². The number of carbonyl (C=O) groups is 2. The first kappa shape index (κ1) is 39.0. The first-order chi connectivity index (χ1) is 20.5. The van der Waals surface area contributed by atoms with Gasteiger partial charge in [0.15, 0.2) is 0 Å². The Bertz CT molecular complexity index is 605. The minimum Gasteiger partial charge on any atom is -0.481 e. The second-order valence-corrected chi connectivity index (χ2v) is 14.0. The Balaban J connectivity index is 2.36. The Labute approximate surface area is 261 Å². The van der Waals surface area contributed by atoms with Gasteiger partial charge in [-0.1, -0.05) is 194 Å². The SMILES string of the molecule is CCCCCCCCCCCCCCCC1(C(=O)O)CCCCC1(CCCCCCCCCCCCCCC)C(=O)O. The lowest BCUT2D eigenvalue weighted by molar-refractivity contribution is -0.182. The second-order valence-electron chi connectivity index (χ2n) is 14.0. The van der Waals surface area contributed by atoms with Crippen molar-refractivity contribution < 1.29 is 19.8 Å². The molecule has 0 aromatic carbocycles. The van der Waals surface area contributed by atoms with E-state index in [1.807, 2.05) is 0 Å². The minimum absolute atomic E-state index is 0.533. The van der Waals surface area contributed by atoms with Gasteiger partial charge in [-0.05, 0) is 25.7 Å². The summed E-state index contributed by atoms with van der Waals surface area (Å²) in [5, 5.41) is 21.0. The van der Waals surface area contributed by atoms with Crippen LogP contribution in [0.2, 0.25) is 0 Å². The van der Waals surface area contributed by atoms with Crippen LogP contribution in [0.3, 0.4) is 0 Å². The fourth-order valence-electron chi connectivity index (χ4n) is 7.79. The third-order valence-corrected chi connectivity index (χ3v) is 10.6. The van der Waals surface area contributed by atoms with Crippen molar-refractivity contribution in [3.05, 3.63) is 0 Å². The van der Waals surface area contributed by atoms with Crippen LogP contribution in [0.1, 0.15) is 219 Å². The van der Waals surface area contributed by atoms with E-state index in [1.165, 1.54) is 128 Å². The van der Waals surface area contributed by atoms with Gasteiger partial charge in [-0.2, -0.15) is 0 Å². The maximum absolute atomic E-state index is 12.8.